The summed E-state index contributed by atoms with van der Waals surface area (Å²) in [6, 6.07) is 24.8. The van der Waals surface area contributed by atoms with Crippen molar-refractivity contribution in [1.29, 1.82) is 0 Å². The van der Waals surface area contributed by atoms with Gasteiger partial charge in [-0.25, -0.2) is 13.4 Å². The molecular weight excluding hydrogens is 460 g/mol. The first-order chi connectivity index (χ1) is 17.0. The fourth-order valence-corrected chi connectivity index (χ4v) is 5.63. The first-order valence-corrected chi connectivity index (χ1v) is 12.5. The van der Waals surface area contributed by atoms with Crippen LogP contribution >= 0.6 is 0 Å². The van der Waals surface area contributed by atoms with Crippen molar-refractivity contribution >= 4 is 32.8 Å². The molecule has 0 aliphatic carbocycles. The topological polar surface area (TPSA) is 92.6 Å². The van der Waals surface area contributed by atoms with Gasteiger partial charge in [-0.05, 0) is 71.8 Å². The summed E-state index contributed by atoms with van der Waals surface area (Å²) in [5, 5.41) is 6.19. The third-order valence-electron chi connectivity index (χ3n) is 6.13. The van der Waals surface area contributed by atoms with Crippen molar-refractivity contribution in [3.8, 4) is 11.3 Å². The average molecular weight is 481 g/mol. The highest BCUT2D eigenvalue weighted by molar-refractivity contribution is 7.91. The van der Waals surface area contributed by atoms with Crippen molar-refractivity contribution in [3.63, 3.8) is 0 Å². The third kappa shape index (κ3) is 3.64. The largest absolute Gasteiger partial charge is 0.352 e. The Kier molecular flexibility index (Phi) is 4.89. The summed E-state index contributed by atoms with van der Waals surface area (Å²) in [5.74, 6) is -0.0403. The molecule has 0 spiro atoms. The van der Waals surface area contributed by atoms with Crippen molar-refractivity contribution in [3.05, 3.63) is 108 Å². The van der Waals surface area contributed by atoms with Crippen molar-refractivity contribution in [2.24, 2.45) is 0 Å². The third-order valence-corrected chi connectivity index (χ3v) is 7.92. The molecule has 1 aliphatic heterocycles. The predicted molar refractivity (Wildman–Crippen MR) is 133 cm³/mol. The quantitative estimate of drug-likeness (QED) is 0.376. The van der Waals surface area contributed by atoms with Gasteiger partial charge in [0.1, 0.15) is 0 Å². The minimum atomic E-state index is -3.57. The minimum absolute atomic E-state index is 0.0403. The first-order valence-electron chi connectivity index (χ1n) is 11.1. The molecule has 2 aromatic heterocycles. The molecule has 0 saturated heterocycles. The standard InChI is InChI=1S/C27H20N4O3S/c32-27-23-11-6-18(16-19(23)17-29-27)25-13-12-24(26-28-14-15-31(25)26)30-20-7-9-22(10-8-20)35(33,34)21-4-2-1-3-5-21/h1-16,30H,17H2,(H,29,32). The van der Waals surface area contributed by atoms with Gasteiger partial charge in [0.25, 0.3) is 5.91 Å². The molecule has 1 amide bonds. The Hall–Kier alpha value is -4.43. The van der Waals surface area contributed by atoms with Gasteiger partial charge in [0, 0.05) is 30.2 Å². The van der Waals surface area contributed by atoms with Gasteiger partial charge in [-0.1, -0.05) is 24.3 Å². The Morgan fingerprint density at radius 1 is 0.886 bits per heavy atom. The summed E-state index contributed by atoms with van der Waals surface area (Å²) in [5.41, 5.74) is 5.91. The van der Waals surface area contributed by atoms with E-state index in [1.165, 1.54) is 0 Å². The van der Waals surface area contributed by atoms with E-state index in [1.54, 1.807) is 60.8 Å². The van der Waals surface area contributed by atoms with Crippen LogP contribution in [-0.4, -0.2) is 23.7 Å². The van der Waals surface area contributed by atoms with Crippen LogP contribution in [0.25, 0.3) is 16.9 Å². The predicted octanol–water partition coefficient (Wildman–Crippen LogP) is 4.82. The van der Waals surface area contributed by atoms with Crippen LogP contribution < -0.4 is 10.6 Å². The lowest BCUT2D eigenvalue weighted by molar-refractivity contribution is 0.0965. The number of amides is 1. The molecule has 0 atom stereocenters. The van der Waals surface area contributed by atoms with E-state index in [4.69, 9.17) is 0 Å². The number of benzene rings is 3. The normalized spacial score (nSPS) is 13.0. The summed E-state index contributed by atoms with van der Waals surface area (Å²) < 4.78 is 27.7. The molecule has 3 aromatic carbocycles. The van der Waals surface area contributed by atoms with Crippen LogP contribution in [0.4, 0.5) is 11.4 Å². The molecule has 8 heteroatoms. The summed E-state index contributed by atoms with van der Waals surface area (Å²) in [7, 11) is -3.57. The van der Waals surface area contributed by atoms with Crippen molar-refractivity contribution in [2.75, 3.05) is 5.32 Å². The van der Waals surface area contributed by atoms with Gasteiger partial charge >= 0.3 is 0 Å². The van der Waals surface area contributed by atoms with Gasteiger partial charge in [-0.15, -0.1) is 0 Å². The number of anilines is 2. The van der Waals surface area contributed by atoms with Gasteiger partial charge in [0.05, 0.1) is 21.2 Å². The molecule has 2 N–H and O–H groups in total. The van der Waals surface area contributed by atoms with Crippen LogP contribution in [0.1, 0.15) is 15.9 Å². The Labute approximate surface area is 202 Å². The first kappa shape index (κ1) is 21.1. The SMILES string of the molecule is O=C1NCc2cc(-c3ccc(Nc4ccc(S(=O)(=O)c5ccccc5)cc4)c4nccn34)ccc21. The second-order valence-corrected chi connectivity index (χ2v) is 10.2. The van der Waals surface area contributed by atoms with Gasteiger partial charge in [0.2, 0.25) is 9.84 Å². The Balaban J connectivity index is 1.30. The van der Waals surface area contributed by atoms with E-state index in [2.05, 4.69) is 15.6 Å². The number of fused-ring (bicyclic) bond motifs is 2. The molecule has 0 fully saturated rings. The fraction of sp³-hybridized carbons (Fsp3) is 0.0370. The number of carbonyl (C=O) groups excluding carboxylic acids is 1. The number of aromatic nitrogens is 2. The van der Waals surface area contributed by atoms with E-state index < -0.39 is 9.84 Å². The number of nitrogens with one attached hydrogen (secondary N) is 2. The number of hydrogen-bond donors (Lipinski definition) is 2. The van der Waals surface area contributed by atoms with Gasteiger partial charge in [-0.3, -0.25) is 9.20 Å². The lowest BCUT2D eigenvalue weighted by Crippen LogP contribution is -2.12. The highest BCUT2D eigenvalue weighted by atomic mass is 32.2. The van der Waals surface area contributed by atoms with Crippen LogP contribution in [0.3, 0.4) is 0 Å². The highest BCUT2D eigenvalue weighted by Gasteiger charge is 2.20. The maximum Gasteiger partial charge on any atom is 0.251 e. The van der Waals surface area contributed by atoms with Gasteiger partial charge in [-0.2, -0.15) is 0 Å². The zero-order valence-corrected chi connectivity index (χ0v) is 19.3. The highest BCUT2D eigenvalue weighted by Crippen LogP contribution is 2.30. The number of pyridine rings is 1. The number of hydrogen-bond acceptors (Lipinski definition) is 5. The molecule has 172 valence electrons. The van der Waals surface area contributed by atoms with Crippen LogP contribution in [-0.2, 0) is 16.4 Å². The number of imidazole rings is 1. The lowest BCUT2D eigenvalue weighted by atomic mass is 10.0. The number of nitrogens with zero attached hydrogens (tertiary/aromatic N) is 2. The monoisotopic (exact) mass is 480 g/mol. The van der Waals surface area contributed by atoms with Crippen molar-refractivity contribution < 1.29 is 13.2 Å². The average Bonchev–Trinajstić information content (AvgIpc) is 3.52. The molecule has 6 rings (SSSR count). The molecule has 1 aliphatic rings. The lowest BCUT2D eigenvalue weighted by Gasteiger charge is -2.13. The van der Waals surface area contributed by atoms with E-state index in [0.717, 1.165) is 33.8 Å². The molecule has 0 bridgehead atoms. The van der Waals surface area contributed by atoms with Gasteiger partial charge < -0.3 is 10.6 Å². The van der Waals surface area contributed by atoms with Gasteiger partial charge in [0.15, 0.2) is 5.65 Å². The van der Waals surface area contributed by atoms with E-state index in [1.807, 2.05) is 40.9 Å². The summed E-state index contributed by atoms with van der Waals surface area (Å²) >= 11 is 0. The van der Waals surface area contributed by atoms with Crippen LogP contribution in [0.5, 0.6) is 0 Å². The summed E-state index contributed by atoms with van der Waals surface area (Å²) in [4.78, 5) is 16.9. The van der Waals surface area contributed by atoms with Crippen LogP contribution in [0.15, 0.2) is 107 Å². The molecular formula is C27H20N4O3S. The van der Waals surface area contributed by atoms with Crippen molar-refractivity contribution in [1.82, 2.24) is 14.7 Å². The second kappa shape index (κ2) is 8.11. The fourth-order valence-electron chi connectivity index (χ4n) is 4.35. The Bertz CT molecular complexity index is 1690. The number of sulfone groups is 1. The van der Waals surface area contributed by atoms with E-state index in [0.29, 0.717) is 12.1 Å². The maximum absolute atomic E-state index is 12.8. The van der Waals surface area contributed by atoms with E-state index in [9.17, 15) is 13.2 Å². The van der Waals surface area contributed by atoms with Crippen LogP contribution in [0.2, 0.25) is 0 Å². The number of carbonyl (C=O) groups is 1. The second-order valence-electron chi connectivity index (χ2n) is 8.27. The van der Waals surface area contributed by atoms with Crippen molar-refractivity contribution in [2.45, 2.75) is 16.3 Å². The molecule has 0 unspecified atom stereocenters. The zero-order valence-electron chi connectivity index (χ0n) is 18.5. The minimum Gasteiger partial charge on any atom is -0.352 e. The number of rotatable bonds is 5. The Morgan fingerprint density at radius 2 is 1.66 bits per heavy atom. The molecule has 35 heavy (non-hydrogen) atoms. The smallest absolute Gasteiger partial charge is 0.251 e. The van der Waals surface area contributed by atoms with Crippen LogP contribution in [0, 0.1) is 0 Å². The molecule has 0 radical (unpaired) electrons. The molecule has 5 aromatic rings. The summed E-state index contributed by atoms with van der Waals surface area (Å²) in [6.45, 7) is 0.532. The molecule has 3 heterocycles. The molecule has 0 saturated carbocycles. The zero-order chi connectivity index (χ0) is 24.0. The maximum atomic E-state index is 12.8. The Morgan fingerprint density at radius 3 is 2.46 bits per heavy atom. The van der Waals surface area contributed by atoms with E-state index in [-0.39, 0.29) is 15.7 Å². The summed E-state index contributed by atoms with van der Waals surface area (Å²) in [6.07, 6.45) is 3.63. The van der Waals surface area contributed by atoms with E-state index >= 15 is 0 Å². The molecule has 7 nitrogen and oxygen atoms in total.